The van der Waals surface area contributed by atoms with Gasteiger partial charge in [0.05, 0.1) is 12.3 Å². The van der Waals surface area contributed by atoms with Crippen molar-refractivity contribution in [3.8, 4) is 5.69 Å². The smallest absolute Gasteiger partial charge is 0.196 e. The first-order valence-corrected chi connectivity index (χ1v) is 12.8. The third-order valence-corrected chi connectivity index (χ3v) is 7.56. The van der Waals surface area contributed by atoms with Crippen LogP contribution in [0.1, 0.15) is 65.7 Å². The van der Waals surface area contributed by atoms with Gasteiger partial charge in [-0.25, -0.2) is 4.39 Å². The first-order valence-electron chi connectivity index (χ1n) is 11.8. The molecule has 0 spiro atoms. The Morgan fingerprint density at radius 1 is 1.09 bits per heavy atom. The summed E-state index contributed by atoms with van der Waals surface area (Å²) in [5.74, 6) is 0.939. The Hall–Kier alpha value is -2.45. The Morgan fingerprint density at radius 2 is 1.82 bits per heavy atom. The summed E-state index contributed by atoms with van der Waals surface area (Å²) < 4.78 is 17.8. The van der Waals surface area contributed by atoms with Gasteiger partial charge in [-0.1, -0.05) is 18.2 Å². The second kappa shape index (κ2) is 9.43. The average molecular weight is 468 g/mol. The fraction of sp³-hybridized carbons (Fsp3) is 0.480. The highest BCUT2D eigenvalue weighted by atomic mass is 32.2. The molecule has 2 fully saturated rings. The quantitative estimate of drug-likeness (QED) is 0.340. The average Bonchev–Trinajstić information content (AvgIpc) is 3.50. The molecule has 1 aliphatic heterocycles. The maximum Gasteiger partial charge on any atom is 0.196 e. The van der Waals surface area contributed by atoms with E-state index < -0.39 is 0 Å². The summed E-state index contributed by atoms with van der Waals surface area (Å²) in [6.45, 7) is 6.91. The summed E-state index contributed by atoms with van der Waals surface area (Å²) in [7, 11) is 0. The van der Waals surface area contributed by atoms with Crippen LogP contribution in [0.2, 0.25) is 0 Å². The van der Waals surface area contributed by atoms with Crippen LogP contribution in [0.25, 0.3) is 5.69 Å². The van der Waals surface area contributed by atoms with E-state index in [9.17, 15) is 9.18 Å². The van der Waals surface area contributed by atoms with Crippen molar-refractivity contribution in [2.24, 2.45) is 0 Å². The second-order valence-electron chi connectivity index (χ2n) is 9.15. The number of hydrogen-bond donors (Lipinski definition) is 0. The zero-order chi connectivity index (χ0) is 22.9. The molecule has 174 valence electrons. The Kier molecular flexibility index (Phi) is 6.38. The molecule has 0 unspecified atom stereocenters. The Labute approximate surface area is 198 Å². The summed E-state index contributed by atoms with van der Waals surface area (Å²) in [6.07, 6.45) is 6.05. The standard InChI is InChI=1S/C25H30FN5OS/c1-17-14-22(18(2)30(17)20-10-11-20)23(32)16-33-25-28-27-24(15-29-12-4-3-5-13-29)31(25)21-8-6-19(26)7-9-21/h6-9,14,20H,3-5,10-13,15-16H2,1-2H3. The van der Waals surface area contributed by atoms with Gasteiger partial charge in [-0.2, -0.15) is 0 Å². The summed E-state index contributed by atoms with van der Waals surface area (Å²) in [4.78, 5) is 15.5. The highest BCUT2D eigenvalue weighted by Crippen LogP contribution is 2.38. The molecule has 5 rings (SSSR count). The van der Waals surface area contributed by atoms with Crippen LogP contribution in [0.5, 0.6) is 0 Å². The SMILES string of the molecule is Cc1cc(C(=O)CSc2nnc(CN3CCCCC3)n2-c2ccc(F)cc2)c(C)n1C1CC1. The highest BCUT2D eigenvalue weighted by molar-refractivity contribution is 7.99. The maximum atomic E-state index is 13.6. The van der Waals surface area contributed by atoms with Crippen LogP contribution in [-0.4, -0.2) is 48.9 Å². The molecule has 6 nitrogen and oxygen atoms in total. The van der Waals surface area contributed by atoms with Crippen molar-refractivity contribution in [1.29, 1.82) is 0 Å². The molecule has 0 atom stereocenters. The number of hydrogen-bond acceptors (Lipinski definition) is 5. The topological polar surface area (TPSA) is 56.0 Å². The molecule has 2 aliphatic rings. The number of carbonyl (C=O) groups excluding carboxylic acids is 1. The van der Waals surface area contributed by atoms with E-state index in [2.05, 4.69) is 26.6 Å². The summed E-state index contributed by atoms with van der Waals surface area (Å²) in [5, 5.41) is 9.56. The van der Waals surface area contributed by atoms with Crippen molar-refractivity contribution < 1.29 is 9.18 Å². The lowest BCUT2D eigenvalue weighted by atomic mass is 10.1. The molecule has 0 N–H and O–H groups in total. The first-order chi connectivity index (χ1) is 16.0. The van der Waals surface area contributed by atoms with Crippen LogP contribution < -0.4 is 0 Å². The Balaban J connectivity index is 1.37. The van der Waals surface area contributed by atoms with Crippen molar-refractivity contribution in [3.05, 3.63) is 58.9 Å². The van der Waals surface area contributed by atoms with E-state index in [0.717, 1.165) is 41.6 Å². The first kappa shape index (κ1) is 22.3. The minimum atomic E-state index is -0.278. The molecular weight excluding hydrogens is 437 g/mol. The molecule has 0 amide bonds. The van der Waals surface area contributed by atoms with Crippen LogP contribution in [0.3, 0.4) is 0 Å². The summed E-state index contributed by atoms with van der Waals surface area (Å²) in [5.41, 5.74) is 3.83. The lowest BCUT2D eigenvalue weighted by Gasteiger charge is -2.26. The van der Waals surface area contributed by atoms with Gasteiger partial charge < -0.3 is 4.57 Å². The molecule has 3 heterocycles. The number of carbonyl (C=O) groups is 1. The number of nitrogens with zero attached hydrogens (tertiary/aromatic N) is 5. The van der Waals surface area contributed by atoms with Gasteiger partial charge in [0.2, 0.25) is 0 Å². The molecule has 8 heteroatoms. The van der Waals surface area contributed by atoms with Crippen molar-refractivity contribution in [2.45, 2.75) is 63.7 Å². The molecule has 33 heavy (non-hydrogen) atoms. The van der Waals surface area contributed by atoms with Crippen LogP contribution in [0.4, 0.5) is 4.39 Å². The lowest BCUT2D eigenvalue weighted by Crippen LogP contribution is -2.30. The predicted octanol–water partition coefficient (Wildman–Crippen LogP) is 5.12. The number of benzene rings is 1. The Morgan fingerprint density at radius 3 is 2.52 bits per heavy atom. The predicted molar refractivity (Wildman–Crippen MR) is 128 cm³/mol. The highest BCUT2D eigenvalue weighted by Gasteiger charge is 2.28. The Bertz CT molecular complexity index is 1140. The number of likely N-dealkylation sites (tertiary alicyclic amines) is 1. The molecule has 1 saturated heterocycles. The van der Waals surface area contributed by atoms with E-state index in [1.165, 1.54) is 56.0 Å². The lowest BCUT2D eigenvalue weighted by molar-refractivity contribution is 0.102. The van der Waals surface area contributed by atoms with Crippen LogP contribution in [-0.2, 0) is 6.54 Å². The molecule has 0 bridgehead atoms. The van der Waals surface area contributed by atoms with Gasteiger partial charge in [0.15, 0.2) is 16.8 Å². The van der Waals surface area contributed by atoms with Crippen molar-refractivity contribution in [1.82, 2.24) is 24.2 Å². The molecule has 1 aromatic carbocycles. The van der Waals surface area contributed by atoms with E-state index in [4.69, 9.17) is 0 Å². The second-order valence-corrected chi connectivity index (χ2v) is 10.1. The van der Waals surface area contributed by atoms with E-state index in [-0.39, 0.29) is 17.4 Å². The molecule has 0 radical (unpaired) electrons. The van der Waals surface area contributed by atoms with Gasteiger partial charge >= 0.3 is 0 Å². The number of rotatable bonds is 8. The van der Waals surface area contributed by atoms with E-state index in [1.807, 2.05) is 17.6 Å². The van der Waals surface area contributed by atoms with Gasteiger partial charge in [0, 0.05) is 28.7 Å². The number of aryl methyl sites for hydroxylation is 1. The molecule has 2 aromatic heterocycles. The zero-order valence-corrected chi connectivity index (χ0v) is 20.1. The van der Waals surface area contributed by atoms with E-state index in [1.54, 1.807) is 12.1 Å². The summed E-state index contributed by atoms with van der Waals surface area (Å²) in [6, 6.07) is 8.96. The zero-order valence-electron chi connectivity index (χ0n) is 19.3. The van der Waals surface area contributed by atoms with Crippen molar-refractivity contribution >= 4 is 17.5 Å². The number of ketones is 1. The molecule has 1 saturated carbocycles. The third-order valence-electron chi connectivity index (χ3n) is 6.63. The summed E-state index contributed by atoms with van der Waals surface area (Å²) >= 11 is 1.40. The fourth-order valence-electron chi connectivity index (χ4n) is 4.83. The van der Waals surface area contributed by atoms with Crippen LogP contribution >= 0.6 is 11.8 Å². The fourth-order valence-corrected chi connectivity index (χ4v) is 5.68. The van der Waals surface area contributed by atoms with Gasteiger partial charge in [-0.15, -0.1) is 10.2 Å². The van der Waals surface area contributed by atoms with Crippen LogP contribution in [0.15, 0.2) is 35.5 Å². The third kappa shape index (κ3) is 4.77. The maximum absolute atomic E-state index is 13.6. The minimum absolute atomic E-state index is 0.103. The minimum Gasteiger partial charge on any atom is -0.345 e. The molecule has 1 aliphatic carbocycles. The van der Waals surface area contributed by atoms with Crippen molar-refractivity contribution in [2.75, 3.05) is 18.8 Å². The van der Waals surface area contributed by atoms with Crippen molar-refractivity contribution in [3.63, 3.8) is 0 Å². The number of aromatic nitrogens is 4. The normalized spacial score (nSPS) is 16.9. The van der Waals surface area contributed by atoms with Gasteiger partial charge in [0.25, 0.3) is 0 Å². The molecular formula is C25H30FN5OS. The number of halogens is 1. The van der Waals surface area contributed by atoms with Gasteiger partial charge in [-0.3, -0.25) is 14.3 Å². The number of Topliss-reactive ketones (excluding diaryl/α,β-unsaturated/α-hetero) is 1. The van der Waals surface area contributed by atoms with E-state index >= 15 is 0 Å². The monoisotopic (exact) mass is 467 g/mol. The van der Waals surface area contributed by atoms with Gasteiger partial charge in [-0.05, 0) is 83.0 Å². The van der Waals surface area contributed by atoms with E-state index in [0.29, 0.717) is 17.7 Å². The largest absolute Gasteiger partial charge is 0.345 e. The number of thioether (sulfide) groups is 1. The van der Waals surface area contributed by atoms with Gasteiger partial charge in [0.1, 0.15) is 5.82 Å². The molecule has 3 aromatic rings. The number of piperidine rings is 1. The van der Waals surface area contributed by atoms with Crippen LogP contribution in [0, 0.1) is 19.7 Å².